The first-order valence-corrected chi connectivity index (χ1v) is 12.6. The number of amides is 2. The van der Waals surface area contributed by atoms with Gasteiger partial charge in [0.2, 0.25) is 0 Å². The molecule has 0 fully saturated rings. The van der Waals surface area contributed by atoms with Crippen LogP contribution in [-0.2, 0) is 18.3 Å². The minimum atomic E-state index is -0.436. The van der Waals surface area contributed by atoms with Crippen molar-refractivity contribution in [2.24, 2.45) is 7.05 Å². The molecule has 0 radical (unpaired) electrons. The van der Waals surface area contributed by atoms with Gasteiger partial charge in [0.25, 0.3) is 11.8 Å². The number of methoxy groups -OCH3 is 2. The lowest BCUT2D eigenvalue weighted by Gasteiger charge is -2.13. The number of rotatable bonds is 9. The maximum Gasteiger partial charge on any atom is 0.267 e. The van der Waals surface area contributed by atoms with E-state index in [4.69, 9.17) is 9.47 Å². The van der Waals surface area contributed by atoms with E-state index in [1.54, 1.807) is 24.3 Å². The van der Waals surface area contributed by atoms with Gasteiger partial charge in [-0.05, 0) is 48.4 Å². The van der Waals surface area contributed by atoms with Crippen LogP contribution in [0.1, 0.15) is 21.5 Å². The molecule has 0 saturated heterocycles. The number of H-pyrrole nitrogens is 1. The van der Waals surface area contributed by atoms with Crippen LogP contribution in [-0.4, -0.2) is 42.1 Å². The second-order valence-corrected chi connectivity index (χ2v) is 9.16. The molecule has 0 atom stereocenters. The molecule has 0 aliphatic heterocycles. The molecule has 8 nitrogen and oxygen atoms in total. The molecule has 5 aromatic rings. The smallest absolute Gasteiger partial charge is 0.267 e. The summed E-state index contributed by atoms with van der Waals surface area (Å²) in [4.78, 5) is 29.9. The molecule has 0 spiro atoms. The molecular weight excluding hydrogens is 492 g/mol. The van der Waals surface area contributed by atoms with Crippen LogP contribution in [0.5, 0.6) is 11.5 Å². The molecule has 0 aliphatic rings. The van der Waals surface area contributed by atoms with Crippen molar-refractivity contribution in [3.8, 4) is 11.5 Å². The van der Waals surface area contributed by atoms with Crippen LogP contribution in [0.4, 0.5) is 0 Å². The first-order chi connectivity index (χ1) is 19.0. The van der Waals surface area contributed by atoms with Gasteiger partial charge >= 0.3 is 0 Å². The monoisotopic (exact) mass is 522 g/mol. The highest BCUT2D eigenvalue weighted by Gasteiger charge is 2.18. The van der Waals surface area contributed by atoms with E-state index in [2.05, 4.69) is 21.7 Å². The number of nitrogens with one attached hydrogen (secondary N) is 3. The second kappa shape index (κ2) is 11.2. The predicted octanol–water partition coefficient (Wildman–Crippen LogP) is 4.81. The SMILES string of the molecule is COc1ccc(C(=O)NC(=Cc2cn(C)c3ccccc23)C(=O)NCCc2c[nH]c3ccccc23)cc1OC. The Kier molecular flexibility index (Phi) is 7.36. The van der Waals surface area contributed by atoms with Gasteiger partial charge in [-0.25, -0.2) is 0 Å². The van der Waals surface area contributed by atoms with Crippen LogP contribution in [0.15, 0.2) is 84.8 Å². The molecule has 2 heterocycles. The molecular formula is C31H30N4O4. The van der Waals surface area contributed by atoms with E-state index in [0.717, 1.165) is 32.9 Å². The van der Waals surface area contributed by atoms with E-state index < -0.39 is 5.91 Å². The zero-order valence-electron chi connectivity index (χ0n) is 22.1. The second-order valence-electron chi connectivity index (χ2n) is 9.16. The fraction of sp³-hybridized carbons (Fsp3) is 0.161. The molecule has 3 N–H and O–H groups in total. The largest absolute Gasteiger partial charge is 0.493 e. The van der Waals surface area contributed by atoms with E-state index in [1.807, 2.05) is 66.5 Å². The van der Waals surface area contributed by atoms with Crippen molar-refractivity contribution >= 4 is 39.7 Å². The van der Waals surface area contributed by atoms with E-state index >= 15 is 0 Å². The Bertz CT molecular complexity index is 1700. The summed E-state index contributed by atoms with van der Waals surface area (Å²) in [6.07, 6.45) is 6.25. The highest BCUT2D eigenvalue weighted by Crippen LogP contribution is 2.28. The quantitative estimate of drug-likeness (QED) is 0.242. The van der Waals surface area contributed by atoms with E-state index in [-0.39, 0.29) is 11.6 Å². The number of benzene rings is 3. The van der Waals surface area contributed by atoms with Crippen LogP contribution >= 0.6 is 0 Å². The number of para-hydroxylation sites is 2. The van der Waals surface area contributed by atoms with Gasteiger partial charge in [0.1, 0.15) is 5.70 Å². The zero-order valence-corrected chi connectivity index (χ0v) is 22.1. The number of aromatic nitrogens is 2. The van der Waals surface area contributed by atoms with Gasteiger partial charge in [0, 0.05) is 58.9 Å². The van der Waals surface area contributed by atoms with Gasteiger partial charge < -0.3 is 29.7 Å². The van der Waals surface area contributed by atoms with E-state index in [0.29, 0.717) is 30.0 Å². The molecule has 39 heavy (non-hydrogen) atoms. The topological polar surface area (TPSA) is 97.4 Å². The van der Waals surface area contributed by atoms with Crippen molar-refractivity contribution in [3.05, 3.63) is 102 Å². The Morgan fingerprint density at radius 1 is 0.949 bits per heavy atom. The number of hydrogen-bond donors (Lipinski definition) is 3. The summed E-state index contributed by atoms with van der Waals surface area (Å²) < 4.78 is 12.6. The zero-order chi connectivity index (χ0) is 27.4. The summed E-state index contributed by atoms with van der Waals surface area (Å²) in [5, 5.41) is 7.89. The summed E-state index contributed by atoms with van der Waals surface area (Å²) >= 11 is 0. The van der Waals surface area contributed by atoms with Crippen LogP contribution in [0.25, 0.3) is 27.9 Å². The summed E-state index contributed by atoms with van der Waals surface area (Å²) in [6, 6.07) is 20.8. The Hall–Kier alpha value is -4.98. The summed E-state index contributed by atoms with van der Waals surface area (Å²) in [5.41, 5.74) is 4.49. The lowest BCUT2D eigenvalue weighted by molar-refractivity contribution is -0.117. The fourth-order valence-electron chi connectivity index (χ4n) is 4.72. The number of carbonyl (C=O) groups excluding carboxylic acids is 2. The Labute approximate surface area is 226 Å². The minimum Gasteiger partial charge on any atom is -0.493 e. The standard InChI is InChI=1S/C31H30N4O4/c1-35-19-22(24-9-5-7-11-27(24)35)16-26(34-30(36)20-12-13-28(38-2)29(17-20)39-3)31(37)32-15-14-21-18-33-25-10-6-4-8-23(21)25/h4-13,16-19,33H,14-15H2,1-3H3,(H,32,37)(H,34,36). The van der Waals surface area contributed by atoms with Crippen molar-refractivity contribution in [1.82, 2.24) is 20.2 Å². The predicted molar refractivity (Wildman–Crippen MR) is 153 cm³/mol. The molecule has 5 rings (SSSR count). The van der Waals surface area contributed by atoms with Gasteiger partial charge in [-0.1, -0.05) is 36.4 Å². The molecule has 198 valence electrons. The van der Waals surface area contributed by atoms with Gasteiger partial charge in [-0.15, -0.1) is 0 Å². The third kappa shape index (κ3) is 5.36. The number of ether oxygens (including phenoxy) is 2. The highest BCUT2D eigenvalue weighted by atomic mass is 16.5. The molecule has 3 aromatic carbocycles. The molecule has 2 aromatic heterocycles. The Morgan fingerprint density at radius 3 is 2.49 bits per heavy atom. The van der Waals surface area contributed by atoms with Crippen LogP contribution in [0, 0.1) is 0 Å². The molecule has 0 bridgehead atoms. The third-order valence-electron chi connectivity index (χ3n) is 6.72. The van der Waals surface area contributed by atoms with Gasteiger partial charge in [0.05, 0.1) is 14.2 Å². The summed E-state index contributed by atoms with van der Waals surface area (Å²) in [6.45, 7) is 0.403. The van der Waals surface area contributed by atoms with Crippen molar-refractivity contribution in [3.63, 3.8) is 0 Å². The average Bonchev–Trinajstić information content (AvgIpc) is 3.52. The number of aromatic amines is 1. The number of fused-ring (bicyclic) bond motifs is 2. The van der Waals surface area contributed by atoms with Gasteiger partial charge in [-0.3, -0.25) is 9.59 Å². The normalized spacial score (nSPS) is 11.5. The molecule has 8 heteroatoms. The Balaban J connectivity index is 1.41. The van der Waals surface area contributed by atoms with Crippen LogP contribution < -0.4 is 20.1 Å². The molecule has 0 saturated carbocycles. The molecule has 0 unspecified atom stereocenters. The molecule has 2 amide bonds. The number of nitrogens with zero attached hydrogens (tertiary/aromatic N) is 1. The minimum absolute atomic E-state index is 0.144. The van der Waals surface area contributed by atoms with Crippen molar-refractivity contribution in [1.29, 1.82) is 0 Å². The van der Waals surface area contributed by atoms with Gasteiger partial charge in [0.15, 0.2) is 11.5 Å². The third-order valence-corrected chi connectivity index (χ3v) is 6.72. The Morgan fingerprint density at radius 2 is 1.69 bits per heavy atom. The summed E-state index contributed by atoms with van der Waals surface area (Å²) in [7, 11) is 4.98. The number of carbonyl (C=O) groups is 2. The van der Waals surface area contributed by atoms with Gasteiger partial charge in [-0.2, -0.15) is 0 Å². The maximum atomic E-state index is 13.4. The maximum absolute atomic E-state index is 13.4. The highest BCUT2D eigenvalue weighted by molar-refractivity contribution is 6.06. The average molecular weight is 523 g/mol. The van der Waals surface area contributed by atoms with E-state index in [1.165, 1.54) is 14.2 Å². The van der Waals surface area contributed by atoms with Crippen molar-refractivity contribution in [2.45, 2.75) is 6.42 Å². The van der Waals surface area contributed by atoms with E-state index in [9.17, 15) is 9.59 Å². The fourth-order valence-corrected chi connectivity index (χ4v) is 4.72. The first-order valence-electron chi connectivity index (χ1n) is 12.6. The van der Waals surface area contributed by atoms with Crippen LogP contribution in [0.3, 0.4) is 0 Å². The lowest BCUT2D eigenvalue weighted by Crippen LogP contribution is -2.35. The number of hydrogen-bond acceptors (Lipinski definition) is 4. The molecule has 0 aliphatic carbocycles. The number of aryl methyl sites for hydroxylation is 1. The lowest BCUT2D eigenvalue weighted by atomic mass is 10.1. The first kappa shape index (κ1) is 25.7. The summed E-state index contributed by atoms with van der Waals surface area (Å²) in [5.74, 6) is 0.120. The van der Waals surface area contributed by atoms with Crippen LogP contribution in [0.2, 0.25) is 0 Å². The van der Waals surface area contributed by atoms with Crippen molar-refractivity contribution < 1.29 is 19.1 Å². The van der Waals surface area contributed by atoms with Crippen molar-refractivity contribution in [2.75, 3.05) is 20.8 Å².